The normalized spacial score (nSPS) is 18.9. The molecule has 1 unspecified atom stereocenters. The van der Waals surface area contributed by atoms with Crippen molar-refractivity contribution in [1.82, 2.24) is 10.4 Å². The number of pyridine rings is 1. The van der Waals surface area contributed by atoms with Crippen molar-refractivity contribution in [3.8, 4) is 0 Å². The molecule has 1 aliphatic carbocycles. The van der Waals surface area contributed by atoms with Gasteiger partial charge < -0.3 is 0 Å². The van der Waals surface area contributed by atoms with Crippen molar-refractivity contribution in [1.29, 1.82) is 0 Å². The van der Waals surface area contributed by atoms with E-state index in [0.717, 1.165) is 12.1 Å². The Labute approximate surface area is 97.4 Å². The third-order valence-corrected chi connectivity index (χ3v) is 3.65. The van der Waals surface area contributed by atoms with Gasteiger partial charge in [-0.3, -0.25) is 16.3 Å². The second-order valence-electron chi connectivity index (χ2n) is 4.59. The van der Waals surface area contributed by atoms with Crippen molar-refractivity contribution in [2.45, 2.75) is 45.1 Å². The number of aryl methyl sites for hydroxylation is 1. The number of hydrogen-bond donors (Lipinski definition) is 2. The van der Waals surface area contributed by atoms with Crippen LogP contribution in [0.5, 0.6) is 0 Å². The Kier molecular flexibility index (Phi) is 3.91. The average molecular weight is 219 g/mol. The van der Waals surface area contributed by atoms with E-state index in [2.05, 4.69) is 23.4 Å². The molecular formula is C13H21N3. The van der Waals surface area contributed by atoms with Gasteiger partial charge in [0.2, 0.25) is 0 Å². The Morgan fingerprint density at radius 2 is 2.25 bits per heavy atom. The van der Waals surface area contributed by atoms with E-state index in [9.17, 15) is 0 Å². The summed E-state index contributed by atoms with van der Waals surface area (Å²) in [5, 5.41) is 0. The molecule has 2 rings (SSSR count). The fraction of sp³-hybridized carbons (Fsp3) is 0.615. The lowest BCUT2D eigenvalue weighted by molar-refractivity contribution is 0.364. The zero-order valence-electron chi connectivity index (χ0n) is 9.95. The maximum absolute atomic E-state index is 5.72. The van der Waals surface area contributed by atoms with E-state index in [1.165, 1.54) is 31.2 Å². The van der Waals surface area contributed by atoms with E-state index in [1.807, 2.05) is 12.3 Å². The molecule has 16 heavy (non-hydrogen) atoms. The summed E-state index contributed by atoms with van der Waals surface area (Å²) < 4.78 is 0. The standard InChI is InChI=1S/C13H21N3/c1-2-10-8-5-9-15-12(10)13(16-14)11-6-3-4-7-11/h5,8-9,11,13,16H,2-4,6-7,14H2,1H3. The smallest absolute Gasteiger partial charge is 0.0663 e. The highest BCUT2D eigenvalue weighted by Crippen LogP contribution is 2.35. The fourth-order valence-electron chi connectivity index (χ4n) is 2.76. The third kappa shape index (κ3) is 2.25. The van der Waals surface area contributed by atoms with Crippen LogP contribution in [0.2, 0.25) is 0 Å². The number of hydrazine groups is 1. The largest absolute Gasteiger partial charge is 0.271 e. The minimum atomic E-state index is 0.235. The fourth-order valence-corrected chi connectivity index (χ4v) is 2.76. The molecule has 1 heterocycles. The van der Waals surface area contributed by atoms with Crippen LogP contribution in [0, 0.1) is 5.92 Å². The molecule has 0 amide bonds. The lowest BCUT2D eigenvalue weighted by Crippen LogP contribution is -2.34. The van der Waals surface area contributed by atoms with Gasteiger partial charge in [0, 0.05) is 6.20 Å². The molecular weight excluding hydrogens is 198 g/mol. The van der Waals surface area contributed by atoms with E-state index in [-0.39, 0.29) is 6.04 Å². The van der Waals surface area contributed by atoms with Crippen LogP contribution < -0.4 is 11.3 Å². The summed E-state index contributed by atoms with van der Waals surface area (Å²) in [5.74, 6) is 6.38. The van der Waals surface area contributed by atoms with Crippen molar-refractivity contribution in [2.75, 3.05) is 0 Å². The van der Waals surface area contributed by atoms with Crippen LogP contribution >= 0.6 is 0 Å². The first-order valence-electron chi connectivity index (χ1n) is 6.26. The van der Waals surface area contributed by atoms with Crippen molar-refractivity contribution < 1.29 is 0 Å². The molecule has 0 saturated heterocycles. The van der Waals surface area contributed by atoms with Gasteiger partial charge in [0.05, 0.1) is 11.7 Å². The van der Waals surface area contributed by atoms with Gasteiger partial charge >= 0.3 is 0 Å². The molecule has 1 aromatic heterocycles. The molecule has 0 spiro atoms. The van der Waals surface area contributed by atoms with Gasteiger partial charge in [0.15, 0.2) is 0 Å². The summed E-state index contributed by atoms with van der Waals surface area (Å²) in [5.41, 5.74) is 5.44. The lowest BCUT2D eigenvalue weighted by Gasteiger charge is -2.23. The minimum absolute atomic E-state index is 0.235. The first kappa shape index (κ1) is 11.6. The summed E-state index contributed by atoms with van der Waals surface area (Å²) in [6.07, 6.45) is 8.10. The maximum Gasteiger partial charge on any atom is 0.0663 e. The summed E-state index contributed by atoms with van der Waals surface area (Å²) >= 11 is 0. The second-order valence-corrected chi connectivity index (χ2v) is 4.59. The monoisotopic (exact) mass is 219 g/mol. The van der Waals surface area contributed by atoms with E-state index >= 15 is 0 Å². The molecule has 0 radical (unpaired) electrons. The zero-order valence-corrected chi connectivity index (χ0v) is 9.95. The van der Waals surface area contributed by atoms with Crippen molar-refractivity contribution in [2.24, 2.45) is 11.8 Å². The van der Waals surface area contributed by atoms with Crippen LogP contribution in [0.4, 0.5) is 0 Å². The minimum Gasteiger partial charge on any atom is -0.271 e. The van der Waals surface area contributed by atoms with Crippen LogP contribution in [0.3, 0.4) is 0 Å². The molecule has 1 atom stereocenters. The van der Waals surface area contributed by atoms with Crippen LogP contribution in [0.25, 0.3) is 0 Å². The molecule has 3 nitrogen and oxygen atoms in total. The predicted molar refractivity (Wildman–Crippen MR) is 65.6 cm³/mol. The highest BCUT2D eigenvalue weighted by molar-refractivity contribution is 5.23. The Balaban J connectivity index is 2.24. The molecule has 3 N–H and O–H groups in total. The number of rotatable bonds is 4. The molecule has 1 saturated carbocycles. The number of hydrogen-bond acceptors (Lipinski definition) is 3. The molecule has 3 heteroatoms. The average Bonchev–Trinajstić information content (AvgIpc) is 2.84. The van der Waals surface area contributed by atoms with Gasteiger partial charge in [-0.05, 0) is 36.8 Å². The Hall–Kier alpha value is -0.930. The van der Waals surface area contributed by atoms with Crippen molar-refractivity contribution in [3.63, 3.8) is 0 Å². The summed E-state index contributed by atoms with van der Waals surface area (Å²) in [6, 6.07) is 4.39. The third-order valence-electron chi connectivity index (χ3n) is 3.65. The second kappa shape index (κ2) is 5.41. The quantitative estimate of drug-likeness (QED) is 0.603. The molecule has 1 fully saturated rings. The van der Waals surface area contributed by atoms with Crippen LogP contribution in [0.15, 0.2) is 18.3 Å². The lowest BCUT2D eigenvalue weighted by atomic mass is 9.92. The highest BCUT2D eigenvalue weighted by atomic mass is 15.2. The predicted octanol–water partition coefficient (Wildman–Crippen LogP) is 2.34. The Morgan fingerprint density at radius 1 is 1.50 bits per heavy atom. The molecule has 1 aliphatic rings. The van der Waals surface area contributed by atoms with E-state index in [4.69, 9.17) is 5.84 Å². The van der Waals surface area contributed by atoms with E-state index < -0.39 is 0 Å². The van der Waals surface area contributed by atoms with E-state index in [0.29, 0.717) is 5.92 Å². The highest BCUT2D eigenvalue weighted by Gasteiger charge is 2.27. The molecule has 1 aromatic rings. The van der Waals surface area contributed by atoms with Gasteiger partial charge in [0.25, 0.3) is 0 Å². The van der Waals surface area contributed by atoms with Gasteiger partial charge in [-0.25, -0.2) is 0 Å². The van der Waals surface area contributed by atoms with Crippen LogP contribution in [-0.4, -0.2) is 4.98 Å². The maximum atomic E-state index is 5.72. The van der Waals surface area contributed by atoms with Gasteiger partial charge in [-0.15, -0.1) is 0 Å². The van der Waals surface area contributed by atoms with Gasteiger partial charge in [-0.2, -0.15) is 0 Å². The van der Waals surface area contributed by atoms with E-state index in [1.54, 1.807) is 0 Å². The zero-order chi connectivity index (χ0) is 11.4. The molecule has 0 aromatic carbocycles. The summed E-state index contributed by atoms with van der Waals surface area (Å²) in [4.78, 5) is 4.52. The molecule has 0 bridgehead atoms. The van der Waals surface area contributed by atoms with Gasteiger partial charge in [0.1, 0.15) is 0 Å². The number of nitrogens with one attached hydrogen (secondary N) is 1. The Bertz CT molecular complexity index is 332. The summed E-state index contributed by atoms with van der Waals surface area (Å²) in [7, 11) is 0. The van der Waals surface area contributed by atoms with Gasteiger partial charge in [-0.1, -0.05) is 25.8 Å². The van der Waals surface area contributed by atoms with Crippen LogP contribution in [-0.2, 0) is 6.42 Å². The topological polar surface area (TPSA) is 50.9 Å². The van der Waals surface area contributed by atoms with Crippen molar-refractivity contribution in [3.05, 3.63) is 29.6 Å². The first-order valence-corrected chi connectivity index (χ1v) is 6.26. The van der Waals surface area contributed by atoms with Crippen LogP contribution in [0.1, 0.15) is 49.9 Å². The first-order chi connectivity index (χ1) is 7.86. The van der Waals surface area contributed by atoms with Crippen molar-refractivity contribution >= 4 is 0 Å². The SMILES string of the molecule is CCc1cccnc1C(NN)C1CCCC1. The number of nitrogens with zero attached hydrogens (tertiary/aromatic N) is 1. The summed E-state index contributed by atoms with van der Waals surface area (Å²) in [6.45, 7) is 2.17. The number of nitrogens with two attached hydrogens (primary N) is 1. The molecule has 88 valence electrons. The Morgan fingerprint density at radius 3 is 2.88 bits per heavy atom. The number of aromatic nitrogens is 1. The molecule has 0 aliphatic heterocycles.